The maximum absolute atomic E-state index is 5.25. The van der Waals surface area contributed by atoms with Crippen LogP contribution in [-0.2, 0) is 6.54 Å². The molecule has 9 rings (SSSR count). The van der Waals surface area contributed by atoms with Gasteiger partial charge in [-0.3, -0.25) is 4.99 Å². The van der Waals surface area contributed by atoms with E-state index in [2.05, 4.69) is 163 Å². The first-order valence-corrected chi connectivity index (χ1v) is 17.6. The Bertz CT molecular complexity index is 2630. The number of hydrogen-bond acceptors (Lipinski definition) is 4. The minimum Gasteiger partial charge on any atom is -0.379 e. The Morgan fingerprint density at radius 2 is 1.44 bits per heavy atom. The molecule has 2 aromatic heterocycles. The number of aromatic nitrogens is 1. The van der Waals surface area contributed by atoms with Crippen molar-refractivity contribution in [3.8, 4) is 33.5 Å². The second kappa shape index (κ2) is 12.7. The monoisotopic (exact) mass is 660 g/mol. The number of nitrogens with one attached hydrogen (secondary N) is 1. The summed E-state index contributed by atoms with van der Waals surface area (Å²) in [4.78, 5) is 14.6. The van der Waals surface area contributed by atoms with E-state index < -0.39 is 0 Å². The van der Waals surface area contributed by atoms with Crippen LogP contribution in [0.15, 0.2) is 156 Å². The molecule has 0 saturated heterocycles. The van der Waals surface area contributed by atoms with E-state index in [1.807, 2.05) is 17.4 Å². The molecule has 1 N–H and O–H groups in total. The van der Waals surface area contributed by atoms with Gasteiger partial charge in [0.05, 0.1) is 23.4 Å². The second-order valence-electron chi connectivity index (χ2n) is 12.6. The van der Waals surface area contributed by atoms with E-state index in [0.717, 1.165) is 67.8 Å². The summed E-state index contributed by atoms with van der Waals surface area (Å²) in [6.45, 7) is 5.12. The molecule has 0 unspecified atom stereocenters. The van der Waals surface area contributed by atoms with E-state index in [-0.39, 0.29) is 0 Å². The lowest BCUT2D eigenvalue weighted by molar-refractivity contribution is 1.06. The van der Waals surface area contributed by atoms with Gasteiger partial charge in [0.25, 0.3) is 0 Å². The van der Waals surface area contributed by atoms with Gasteiger partial charge >= 0.3 is 0 Å². The number of benzene rings is 6. The van der Waals surface area contributed by atoms with Crippen molar-refractivity contribution in [2.45, 2.75) is 6.54 Å². The predicted molar refractivity (Wildman–Crippen MR) is 215 cm³/mol. The van der Waals surface area contributed by atoms with Crippen LogP contribution in [-0.4, -0.2) is 24.1 Å². The van der Waals surface area contributed by atoms with Crippen LogP contribution in [0.5, 0.6) is 0 Å². The van der Waals surface area contributed by atoms with E-state index in [4.69, 9.17) is 9.98 Å². The van der Waals surface area contributed by atoms with Crippen LogP contribution < -0.4 is 5.32 Å². The van der Waals surface area contributed by atoms with Crippen molar-refractivity contribution < 1.29 is 0 Å². The standard InChI is InChI=1S/C45H32N4S/c1-46-45(34-17-13-31(14-18-34)30-8-3-2-4-9-30)48-28-29-24-36(35-20-22-42-39(27-35)38-11-5-6-12-41(38)50-42)26-37(25-29)40-21-19-33-16-15-32-10-7-23-47-43(32)44(33)49-40/h2-22,24-27,47H,1,23,28H2/b48-45-. The van der Waals surface area contributed by atoms with Crippen molar-refractivity contribution in [2.75, 3.05) is 11.9 Å². The zero-order chi connectivity index (χ0) is 33.4. The van der Waals surface area contributed by atoms with Gasteiger partial charge in [-0.15, -0.1) is 11.3 Å². The number of rotatable bonds is 6. The molecule has 5 heteroatoms. The fraction of sp³-hybridized carbons (Fsp3) is 0.0444. The first-order valence-electron chi connectivity index (χ1n) is 16.8. The van der Waals surface area contributed by atoms with Crippen LogP contribution in [0.1, 0.15) is 16.7 Å². The van der Waals surface area contributed by atoms with Gasteiger partial charge in [-0.25, -0.2) is 9.98 Å². The quantitative estimate of drug-likeness (QED) is 0.143. The van der Waals surface area contributed by atoms with E-state index in [1.165, 1.54) is 25.7 Å². The number of fused-ring (bicyclic) bond motifs is 6. The lowest BCUT2D eigenvalue weighted by atomic mass is 9.96. The molecule has 0 spiro atoms. The molecule has 0 amide bonds. The highest BCUT2D eigenvalue weighted by Crippen LogP contribution is 2.38. The predicted octanol–water partition coefficient (Wildman–Crippen LogP) is 11.7. The van der Waals surface area contributed by atoms with Gasteiger partial charge < -0.3 is 5.32 Å². The SMILES string of the molecule is C=N/C(=N\Cc1cc(-c2ccc3sc4ccccc4c3c2)cc(-c2ccc3ccc4c(c3n2)NCC=C4)c1)c1ccc(-c2ccccc2)cc1. The molecule has 0 aliphatic carbocycles. The van der Waals surface area contributed by atoms with Crippen molar-refractivity contribution in [2.24, 2.45) is 9.98 Å². The maximum atomic E-state index is 5.25. The maximum Gasteiger partial charge on any atom is 0.154 e. The number of anilines is 1. The number of nitrogens with zero attached hydrogens (tertiary/aromatic N) is 3. The van der Waals surface area contributed by atoms with Gasteiger partial charge in [0.2, 0.25) is 0 Å². The van der Waals surface area contributed by atoms with Crippen molar-refractivity contribution in [3.05, 3.63) is 162 Å². The van der Waals surface area contributed by atoms with Gasteiger partial charge in [0.15, 0.2) is 5.84 Å². The van der Waals surface area contributed by atoms with Crippen molar-refractivity contribution >= 4 is 66.7 Å². The molecule has 4 nitrogen and oxygen atoms in total. The third kappa shape index (κ3) is 5.58. The Morgan fingerprint density at radius 3 is 2.32 bits per heavy atom. The third-order valence-corrected chi connectivity index (χ3v) is 10.6. The highest BCUT2D eigenvalue weighted by molar-refractivity contribution is 7.25. The third-order valence-electron chi connectivity index (χ3n) is 9.40. The lowest BCUT2D eigenvalue weighted by Crippen LogP contribution is -2.05. The van der Waals surface area contributed by atoms with Crippen LogP contribution >= 0.6 is 11.3 Å². The van der Waals surface area contributed by atoms with Crippen molar-refractivity contribution in [3.63, 3.8) is 0 Å². The first kappa shape index (κ1) is 29.9. The summed E-state index contributed by atoms with van der Waals surface area (Å²) in [6, 6.07) is 49.5. The van der Waals surface area contributed by atoms with Crippen LogP contribution in [0.2, 0.25) is 0 Å². The first-order chi connectivity index (χ1) is 24.7. The summed E-state index contributed by atoms with van der Waals surface area (Å²) in [5.74, 6) is 0.623. The Labute approximate surface area is 294 Å². The second-order valence-corrected chi connectivity index (χ2v) is 13.6. The average Bonchev–Trinajstić information content (AvgIpc) is 3.56. The zero-order valence-electron chi connectivity index (χ0n) is 27.3. The number of thiophene rings is 1. The molecule has 8 aromatic rings. The summed E-state index contributed by atoms with van der Waals surface area (Å²) < 4.78 is 2.59. The van der Waals surface area contributed by atoms with E-state index in [9.17, 15) is 0 Å². The molecule has 3 heterocycles. The largest absolute Gasteiger partial charge is 0.379 e. The molecule has 0 saturated carbocycles. The number of amidine groups is 1. The molecule has 1 aliphatic rings. The van der Waals surface area contributed by atoms with Crippen LogP contribution in [0.25, 0.3) is 70.7 Å². The number of hydrogen-bond donors (Lipinski definition) is 1. The van der Waals surface area contributed by atoms with Gasteiger partial charge in [0, 0.05) is 43.2 Å². The van der Waals surface area contributed by atoms with E-state index in [1.54, 1.807) is 0 Å². The molecule has 6 aromatic carbocycles. The Hall–Kier alpha value is -6.17. The zero-order valence-corrected chi connectivity index (χ0v) is 28.1. The lowest BCUT2D eigenvalue weighted by Gasteiger charge is -2.16. The fourth-order valence-corrected chi connectivity index (χ4v) is 7.97. The van der Waals surface area contributed by atoms with E-state index >= 15 is 0 Å². The Balaban J connectivity index is 1.14. The van der Waals surface area contributed by atoms with Gasteiger partial charge in [-0.05, 0) is 82.6 Å². The van der Waals surface area contributed by atoms with Crippen LogP contribution in [0.3, 0.4) is 0 Å². The van der Waals surface area contributed by atoms with Crippen LogP contribution in [0.4, 0.5) is 5.69 Å². The van der Waals surface area contributed by atoms with Crippen LogP contribution in [0, 0.1) is 0 Å². The Kier molecular flexibility index (Phi) is 7.60. The highest BCUT2D eigenvalue weighted by Gasteiger charge is 2.14. The molecule has 50 heavy (non-hydrogen) atoms. The van der Waals surface area contributed by atoms with Crippen molar-refractivity contribution in [1.29, 1.82) is 0 Å². The van der Waals surface area contributed by atoms with Crippen molar-refractivity contribution in [1.82, 2.24) is 4.98 Å². The molecular weight excluding hydrogens is 629 g/mol. The normalized spacial score (nSPS) is 12.7. The fourth-order valence-electron chi connectivity index (χ4n) is 6.88. The van der Waals surface area contributed by atoms with Gasteiger partial charge in [0.1, 0.15) is 0 Å². The molecule has 0 bridgehead atoms. The van der Waals surface area contributed by atoms with Gasteiger partial charge in [-0.2, -0.15) is 0 Å². The molecule has 0 fully saturated rings. The van der Waals surface area contributed by atoms with Gasteiger partial charge in [-0.1, -0.05) is 109 Å². The summed E-state index contributed by atoms with van der Waals surface area (Å²) in [5, 5.41) is 7.23. The summed E-state index contributed by atoms with van der Waals surface area (Å²) in [7, 11) is 0. The number of pyridine rings is 1. The minimum atomic E-state index is 0.453. The topological polar surface area (TPSA) is 49.6 Å². The molecule has 0 atom stereocenters. The van der Waals surface area contributed by atoms with E-state index in [0.29, 0.717) is 12.4 Å². The molecule has 1 aliphatic heterocycles. The summed E-state index contributed by atoms with van der Waals surface area (Å²) in [5.41, 5.74) is 11.8. The highest BCUT2D eigenvalue weighted by atomic mass is 32.1. The minimum absolute atomic E-state index is 0.453. The Morgan fingerprint density at radius 1 is 0.680 bits per heavy atom. The molecule has 238 valence electrons. The average molecular weight is 661 g/mol. The molecule has 0 radical (unpaired) electrons. The smallest absolute Gasteiger partial charge is 0.154 e. The number of aliphatic imine (C=N–C) groups is 2. The summed E-state index contributed by atoms with van der Waals surface area (Å²) >= 11 is 1.84. The molecular formula is C45H32N4S. The summed E-state index contributed by atoms with van der Waals surface area (Å²) in [6.07, 6.45) is 4.31.